The van der Waals surface area contributed by atoms with E-state index in [9.17, 15) is 0 Å². The Morgan fingerprint density at radius 2 is 2.28 bits per heavy atom. The van der Waals surface area contributed by atoms with E-state index < -0.39 is 0 Å². The van der Waals surface area contributed by atoms with Crippen LogP contribution in [0.2, 0.25) is 0 Å². The Balaban J connectivity index is 2.30. The van der Waals surface area contributed by atoms with E-state index >= 15 is 0 Å². The number of thiazole rings is 1. The highest BCUT2D eigenvalue weighted by Crippen LogP contribution is 2.27. The first kappa shape index (κ1) is 13.1. The van der Waals surface area contributed by atoms with Crippen molar-refractivity contribution in [2.24, 2.45) is 0 Å². The molecule has 4 nitrogen and oxygen atoms in total. The molecule has 18 heavy (non-hydrogen) atoms. The molecular weight excluding hydrogens is 244 g/mol. The van der Waals surface area contributed by atoms with E-state index in [2.05, 4.69) is 39.9 Å². The summed E-state index contributed by atoms with van der Waals surface area (Å²) in [6.45, 7) is 7.32. The summed E-state index contributed by atoms with van der Waals surface area (Å²) in [7, 11) is 0. The largest absolute Gasteiger partial charge is 0.356 e. The summed E-state index contributed by atoms with van der Waals surface area (Å²) < 4.78 is 2.21. The molecule has 0 spiro atoms. The fourth-order valence-electron chi connectivity index (χ4n) is 2.01. The molecule has 5 heteroatoms. The third kappa shape index (κ3) is 2.72. The van der Waals surface area contributed by atoms with Crippen molar-refractivity contribution >= 4 is 17.3 Å². The smallest absolute Gasteiger partial charge is 0.203 e. The van der Waals surface area contributed by atoms with E-state index in [1.165, 1.54) is 0 Å². The number of hydrogen-bond acceptors (Lipinski definition) is 4. The fraction of sp³-hybridized carbons (Fsp3) is 0.538. The quantitative estimate of drug-likeness (QED) is 0.868. The number of aryl methyl sites for hydroxylation is 1. The van der Waals surface area contributed by atoms with Crippen LogP contribution in [0.4, 0.5) is 5.95 Å². The van der Waals surface area contributed by atoms with E-state index in [1.54, 1.807) is 11.3 Å². The van der Waals surface area contributed by atoms with Crippen molar-refractivity contribution in [3.05, 3.63) is 28.5 Å². The van der Waals surface area contributed by atoms with Gasteiger partial charge >= 0.3 is 0 Å². The predicted molar refractivity (Wildman–Crippen MR) is 76.3 cm³/mol. The summed E-state index contributed by atoms with van der Waals surface area (Å²) in [5, 5.41) is 6.57. The number of imidazole rings is 1. The Labute approximate surface area is 112 Å². The van der Waals surface area contributed by atoms with Crippen molar-refractivity contribution in [2.45, 2.75) is 39.7 Å². The number of rotatable bonds is 6. The SMILES string of the molecule is CCCNc1nc(C)cn1C(CC)c1nccs1. The van der Waals surface area contributed by atoms with Crippen molar-refractivity contribution in [1.29, 1.82) is 0 Å². The van der Waals surface area contributed by atoms with Crippen molar-refractivity contribution in [2.75, 3.05) is 11.9 Å². The maximum absolute atomic E-state index is 4.56. The van der Waals surface area contributed by atoms with Gasteiger partial charge in [-0.25, -0.2) is 9.97 Å². The van der Waals surface area contributed by atoms with Crippen LogP contribution in [0.3, 0.4) is 0 Å². The first-order valence-corrected chi connectivity index (χ1v) is 7.33. The van der Waals surface area contributed by atoms with Gasteiger partial charge in [0.15, 0.2) is 0 Å². The van der Waals surface area contributed by atoms with E-state index in [-0.39, 0.29) is 6.04 Å². The van der Waals surface area contributed by atoms with Crippen LogP contribution >= 0.6 is 11.3 Å². The summed E-state index contributed by atoms with van der Waals surface area (Å²) >= 11 is 1.70. The number of nitrogens with zero attached hydrogens (tertiary/aromatic N) is 3. The van der Waals surface area contributed by atoms with Gasteiger partial charge in [-0.2, -0.15) is 0 Å². The molecule has 0 aliphatic heterocycles. The summed E-state index contributed by atoms with van der Waals surface area (Å²) in [6.07, 6.45) is 6.09. The molecule has 0 aromatic carbocycles. The third-order valence-electron chi connectivity index (χ3n) is 2.84. The standard InChI is InChI=1S/C13H20N4S/c1-4-6-15-13-16-10(3)9-17(13)11(5-2)12-14-7-8-18-12/h7-9,11H,4-6H2,1-3H3,(H,15,16). The van der Waals surface area contributed by atoms with Gasteiger partial charge in [0.1, 0.15) is 5.01 Å². The zero-order valence-corrected chi connectivity index (χ0v) is 12.0. The topological polar surface area (TPSA) is 42.7 Å². The van der Waals surface area contributed by atoms with Crippen LogP contribution in [0.1, 0.15) is 43.4 Å². The molecule has 98 valence electrons. The highest BCUT2D eigenvalue weighted by molar-refractivity contribution is 7.09. The number of hydrogen-bond donors (Lipinski definition) is 1. The zero-order chi connectivity index (χ0) is 13.0. The highest BCUT2D eigenvalue weighted by Gasteiger charge is 2.18. The van der Waals surface area contributed by atoms with Crippen LogP contribution in [-0.4, -0.2) is 21.1 Å². The van der Waals surface area contributed by atoms with Crippen molar-refractivity contribution in [1.82, 2.24) is 14.5 Å². The van der Waals surface area contributed by atoms with E-state index in [1.807, 2.05) is 18.5 Å². The molecule has 1 N–H and O–H groups in total. The molecule has 0 aliphatic carbocycles. The molecule has 0 aliphatic rings. The minimum atomic E-state index is 0.283. The third-order valence-corrected chi connectivity index (χ3v) is 3.72. The number of anilines is 1. The average molecular weight is 264 g/mol. The summed E-state index contributed by atoms with van der Waals surface area (Å²) in [5.74, 6) is 0.955. The van der Waals surface area contributed by atoms with Crippen LogP contribution < -0.4 is 5.32 Å². The van der Waals surface area contributed by atoms with Crippen LogP contribution in [0, 0.1) is 6.92 Å². The lowest BCUT2D eigenvalue weighted by Crippen LogP contribution is -2.13. The normalized spacial score (nSPS) is 12.6. The molecule has 1 unspecified atom stereocenters. The highest BCUT2D eigenvalue weighted by atomic mass is 32.1. The molecule has 0 amide bonds. The van der Waals surface area contributed by atoms with E-state index in [4.69, 9.17) is 0 Å². The van der Waals surface area contributed by atoms with E-state index in [0.717, 1.165) is 36.0 Å². The zero-order valence-electron chi connectivity index (χ0n) is 11.2. The lowest BCUT2D eigenvalue weighted by atomic mass is 10.2. The minimum Gasteiger partial charge on any atom is -0.356 e. The maximum atomic E-state index is 4.56. The van der Waals surface area contributed by atoms with Crippen molar-refractivity contribution < 1.29 is 0 Å². The molecule has 0 bridgehead atoms. The van der Waals surface area contributed by atoms with Gasteiger partial charge in [-0.1, -0.05) is 13.8 Å². The summed E-state index contributed by atoms with van der Waals surface area (Å²) in [4.78, 5) is 8.99. The van der Waals surface area contributed by atoms with Gasteiger partial charge in [-0.3, -0.25) is 0 Å². The van der Waals surface area contributed by atoms with Crippen LogP contribution in [0.15, 0.2) is 17.8 Å². The second-order valence-corrected chi connectivity index (χ2v) is 5.26. The second kappa shape index (κ2) is 6.00. The molecule has 0 radical (unpaired) electrons. The fourth-order valence-corrected chi connectivity index (χ4v) is 2.83. The lowest BCUT2D eigenvalue weighted by Gasteiger charge is -2.17. The molecule has 2 aromatic heterocycles. The van der Waals surface area contributed by atoms with Gasteiger partial charge in [0.25, 0.3) is 0 Å². The lowest BCUT2D eigenvalue weighted by molar-refractivity contribution is 0.567. The molecule has 2 aromatic rings. The minimum absolute atomic E-state index is 0.283. The number of aromatic nitrogens is 3. The van der Waals surface area contributed by atoms with Gasteiger partial charge in [-0.15, -0.1) is 11.3 Å². The van der Waals surface area contributed by atoms with Crippen LogP contribution in [-0.2, 0) is 0 Å². The van der Waals surface area contributed by atoms with Gasteiger partial charge in [0.2, 0.25) is 5.95 Å². The molecule has 0 fully saturated rings. The van der Waals surface area contributed by atoms with Gasteiger partial charge < -0.3 is 9.88 Å². The molecule has 0 saturated carbocycles. The Bertz CT molecular complexity index is 475. The summed E-state index contributed by atoms with van der Waals surface area (Å²) in [6, 6.07) is 0.283. The first-order valence-electron chi connectivity index (χ1n) is 6.45. The van der Waals surface area contributed by atoms with Crippen LogP contribution in [0.25, 0.3) is 0 Å². The predicted octanol–water partition coefficient (Wildman–Crippen LogP) is 3.47. The summed E-state index contributed by atoms with van der Waals surface area (Å²) in [5.41, 5.74) is 1.05. The molecular formula is C13H20N4S. The maximum Gasteiger partial charge on any atom is 0.203 e. The number of nitrogens with one attached hydrogen (secondary N) is 1. The van der Waals surface area contributed by atoms with Crippen molar-refractivity contribution in [3.8, 4) is 0 Å². The Kier molecular flexibility index (Phi) is 4.36. The van der Waals surface area contributed by atoms with Gasteiger partial charge in [0.05, 0.1) is 11.7 Å². The van der Waals surface area contributed by atoms with E-state index in [0.29, 0.717) is 0 Å². The second-order valence-electron chi connectivity index (χ2n) is 4.33. The van der Waals surface area contributed by atoms with Gasteiger partial charge in [-0.05, 0) is 19.8 Å². The molecule has 1 atom stereocenters. The monoisotopic (exact) mass is 264 g/mol. The molecule has 0 saturated heterocycles. The van der Waals surface area contributed by atoms with Crippen molar-refractivity contribution in [3.63, 3.8) is 0 Å². The Morgan fingerprint density at radius 1 is 1.44 bits per heavy atom. The van der Waals surface area contributed by atoms with Gasteiger partial charge in [0, 0.05) is 24.3 Å². The Hall–Kier alpha value is -1.36. The van der Waals surface area contributed by atoms with Crippen LogP contribution in [0.5, 0.6) is 0 Å². The average Bonchev–Trinajstić information content (AvgIpc) is 2.98. The molecule has 2 rings (SSSR count). The Morgan fingerprint density at radius 3 is 2.89 bits per heavy atom. The first-order chi connectivity index (χ1) is 8.76. The molecule has 2 heterocycles.